The molecular weight excluding hydrogens is 176 g/mol. The monoisotopic (exact) mass is 194 g/mol. The van der Waals surface area contributed by atoms with Gasteiger partial charge in [-0.1, -0.05) is 37.3 Å². The fraction of sp³-hybridized carbons (Fsp3) is 0.500. The van der Waals surface area contributed by atoms with E-state index in [0.29, 0.717) is 19.3 Å². The lowest BCUT2D eigenvalue weighted by Crippen LogP contribution is -2.18. The molecular formula is C12H18O2. The molecule has 0 saturated heterocycles. The first-order chi connectivity index (χ1) is 6.72. The van der Waals surface area contributed by atoms with Crippen LogP contribution in [-0.4, -0.2) is 22.4 Å². The maximum Gasteiger partial charge on any atom is 0.0605 e. The molecule has 2 unspecified atom stereocenters. The minimum absolute atomic E-state index is 0.381. The highest BCUT2D eigenvalue weighted by Crippen LogP contribution is 2.08. The molecule has 2 nitrogen and oxygen atoms in total. The molecule has 0 aliphatic carbocycles. The Labute approximate surface area is 85.2 Å². The molecule has 0 amide bonds. The predicted octanol–water partition coefficient (Wildman–Crippen LogP) is 1.75. The van der Waals surface area contributed by atoms with Gasteiger partial charge in [-0.25, -0.2) is 0 Å². The van der Waals surface area contributed by atoms with Crippen molar-refractivity contribution < 1.29 is 10.2 Å². The SMILES string of the molecule is CCC(O)CC(O)Cc1ccccc1. The number of rotatable bonds is 5. The molecule has 0 aliphatic rings. The highest BCUT2D eigenvalue weighted by Gasteiger charge is 2.10. The molecule has 0 heterocycles. The fourth-order valence-corrected chi connectivity index (χ4v) is 1.45. The molecule has 0 spiro atoms. The van der Waals surface area contributed by atoms with Crippen LogP contribution in [0.3, 0.4) is 0 Å². The smallest absolute Gasteiger partial charge is 0.0605 e. The summed E-state index contributed by atoms with van der Waals surface area (Å²) in [7, 11) is 0. The van der Waals surface area contributed by atoms with Gasteiger partial charge in [-0.15, -0.1) is 0 Å². The van der Waals surface area contributed by atoms with Crippen LogP contribution in [0.25, 0.3) is 0 Å². The molecule has 2 atom stereocenters. The van der Waals surface area contributed by atoms with Crippen molar-refractivity contribution in [3.05, 3.63) is 35.9 Å². The Balaban J connectivity index is 2.37. The normalized spacial score (nSPS) is 15.1. The average molecular weight is 194 g/mol. The Hall–Kier alpha value is -0.860. The molecule has 14 heavy (non-hydrogen) atoms. The summed E-state index contributed by atoms with van der Waals surface area (Å²) in [6.07, 6.45) is 0.968. The van der Waals surface area contributed by atoms with E-state index >= 15 is 0 Å². The Kier molecular flexibility index (Phi) is 4.63. The van der Waals surface area contributed by atoms with Crippen molar-refractivity contribution >= 4 is 0 Å². The van der Waals surface area contributed by atoms with Crippen LogP contribution in [0.15, 0.2) is 30.3 Å². The van der Waals surface area contributed by atoms with E-state index in [4.69, 9.17) is 0 Å². The molecule has 1 rings (SSSR count). The van der Waals surface area contributed by atoms with Gasteiger partial charge in [0.1, 0.15) is 0 Å². The molecule has 0 radical (unpaired) electrons. The quantitative estimate of drug-likeness (QED) is 0.749. The number of benzene rings is 1. The van der Waals surface area contributed by atoms with Gasteiger partial charge in [-0.2, -0.15) is 0 Å². The van der Waals surface area contributed by atoms with Gasteiger partial charge in [0.05, 0.1) is 12.2 Å². The summed E-state index contributed by atoms with van der Waals surface area (Å²) >= 11 is 0. The largest absolute Gasteiger partial charge is 0.393 e. The van der Waals surface area contributed by atoms with Crippen LogP contribution in [0.4, 0.5) is 0 Å². The predicted molar refractivity (Wildman–Crippen MR) is 57.1 cm³/mol. The third kappa shape index (κ3) is 3.90. The van der Waals surface area contributed by atoms with Gasteiger partial charge in [-0.3, -0.25) is 0 Å². The highest BCUT2D eigenvalue weighted by molar-refractivity contribution is 5.15. The van der Waals surface area contributed by atoms with Gasteiger partial charge in [0.2, 0.25) is 0 Å². The van der Waals surface area contributed by atoms with Crippen LogP contribution in [0.2, 0.25) is 0 Å². The lowest BCUT2D eigenvalue weighted by Gasteiger charge is -2.13. The second-order valence-electron chi connectivity index (χ2n) is 3.64. The summed E-state index contributed by atoms with van der Waals surface area (Å²) in [5, 5.41) is 19.0. The van der Waals surface area contributed by atoms with Gasteiger partial charge in [-0.05, 0) is 24.8 Å². The van der Waals surface area contributed by atoms with E-state index in [1.165, 1.54) is 0 Å². The van der Waals surface area contributed by atoms with Gasteiger partial charge in [0.25, 0.3) is 0 Å². The fourth-order valence-electron chi connectivity index (χ4n) is 1.45. The van der Waals surface area contributed by atoms with Gasteiger partial charge >= 0.3 is 0 Å². The molecule has 1 aromatic rings. The number of hydrogen-bond donors (Lipinski definition) is 2. The number of aliphatic hydroxyl groups is 2. The van der Waals surface area contributed by atoms with Crippen LogP contribution in [0, 0.1) is 0 Å². The van der Waals surface area contributed by atoms with Crippen LogP contribution in [0.1, 0.15) is 25.3 Å². The van der Waals surface area contributed by atoms with E-state index in [9.17, 15) is 10.2 Å². The average Bonchev–Trinajstić information content (AvgIpc) is 2.19. The van der Waals surface area contributed by atoms with Crippen LogP contribution in [0.5, 0.6) is 0 Å². The van der Waals surface area contributed by atoms with Gasteiger partial charge in [0, 0.05) is 0 Å². The first kappa shape index (κ1) is 11.2. The number of hydrogen-bond acceptors (Lipinski definition) is 2. The summed E-state index contributed by atoms with van der Waals surface area (Å²) in [4.78, 5) is 0. The highest BCUT2D eigenvalue weighted by atomic mass is 16.3. The lowest BCUT2D eigenvalue weighted by molar-refractivity contribution is 0.0787. The van der Waals surface area contributed by atoms with Crippen molar-refractivity contribution in [1.82, 2.24) is 0 Å². The van der Waals surface area contributed by atoms with Crippen LogP contribution >= 0.6 is 0 Å². The molecule has 0 saturated carbocycles. The van der Waals surface area contributed by atoms with E-state index in [2.05, 4.69) is 0 Å². The van der Waals surface area contributed by atoms with Crippen molar-refractivity contribution in [2.75, 3.05) is 0 Å². The minimum Gasteiger partial charge on any atom is -0.393 e. The van der Waals surface area contributed by atoms with E-state index < -0.39 is 6.10 Å². The van der Waals surface area contributed by atoms with Gasteiger partial charge < -0.3 is 10.2 Å². The maximum atomic E-state index is 9.64. The first-order valence-electron chi connectivity index (χ1n) is 5.12. The lowest BCUT2D eigenvalue weighted by atomic mass is 10.0. The van der Waals surface area contributed by atoms with E-state index in [0.717, 1.165) is 5.56 Å². The summed E-state index contributed by atoms with van der Waals surface area (Å²) < 4.78 is 0. The Morgan fingerprint density at radius 1 is 1.07 bits per heavy atom. The molecule has 0 fully saturated rings. The third-order valence-electron chi connectivity index (χ3n) is 2.33. The maximum absolute atomic E-state index is 9.64. The molecule has 1 aromatic carbocycles. The second kappa shape index (κ2) is 5.78. The standard InChI is InChI=1S/C12H18O2/c1-2-11(13)9-12(14)8-10-6-4-3-5-7-10/h3-7,11-14H,2,8-9H2,1H3. The molecule has 78 valence electrons. The summed E-state index contributed by atoms with van der Waals surface area (Å²) in [6, 6.07) is 9.84. The summed E-state index contributed by atoms with van der Waals surface area (Å²) in [5.41, 5.74) is 1.11. The Bertz CT molecular complexity index is 246. The molecule has 2 heteroatoms. The van der Waals surface area contributed by atoms with Crippen molar-refractivity contribution in [2.45, 2.75) is 38.4 Å². The van der Waals surface area contributed by atoms with Crippen LogP contribution in [-0.2, 0) is 6.42 Å². The zero-order valence-electron chi connectivity index (χ0n) is 8.56. The zero-order valence-corrected chi connectivity index (χ0v) is 8.56. The van der Waals surface area contributed by atoms with Gasteiger partial charge in [0.15, 0.2) is 0 Å². The van der Waals surface area contributed by atoms with Crippen LogP contribution < -0.4 is 0 Å². The third-order valence-corrected chi connectivity index (χ3v) is 2.33. The molecule has 2 N–H and O–H groups in total. The molecule has 0 aromatic heterocycles. The van der Waals surface area contributed by atoms with Crippen molar-refractivity contribution in [3.63, 3.8) is 0 Å². The zero-order chi connectivity index (χ0) is 10.4. The Morgan fingerprint density at radius 2 is 1.71 bits per heavy atom. The van der Waals surface area contributed by atoms with E-state index in [1.807, 2.05) is 37.3 Å². The second-order valence-corrected chi connectivity index (χ2v) is 3.64. The molecule has 0 bridgehead atoms. The first-order valence-corrected chi connectivity index (χ1v) is 5.12. The molecule has 0 aliphatic heterocycles. The summed E-state index contributed by atoms with van der Waals surface area (Å²) in [6.45, 7) is 1.92. The topological polar surface area (TPSA) is 40.5 Å². The van der Waals surface area contributed by atoms with E-state index in [1.54, 1.807) is 0 Å². The Morgan fingerprint density at radius 3 is 2.29 bits per heavy atom. The van der Waals surface area contributed by atoms with Crippen molar-refractivity contribution in [3.8, 4) is 0 Å². The van der Waals surface area contributed by atoms with Crippen molar-refractivity contribution in [1.29, 1.82) is 0 Å². The van der Waals surface area contributed by atoms with Crippen molar-refractivity contribution in [2.24, 2.45) is 0 Å². The van der Waals surface area contributed by atoms with E-state index in [-0.39, 0.29) is 6.10 Å². The summed E-state index contributed by atoms with van der Waals surface area (Å²) in [5.74, 6) is 0. The number of aliphatic hydroxyl groups excluding tert-OH is 2. The minimum atomic E-state index is -0.438.